The van der Waals surface area contributed by atoms with Gasteiger partial charge in [-0.1, -0.05) is 24.8 Å². The average Bonchev–Trinajstić information content (AvgIpc) is 2.38. The van der Waals surface area contributed by atoms with E-state index in [9.17, 15) is 13.6 Å². The fourth-order valence-electron chi connectivity index (χ4n) is 2.25. The number of piperidine rings is 1. The van der Waals surface area contributed by atoms with Crippen molar-refractivity contribution in [3.63, 3.8) is 0 Å². The Labute approximate surface area is 122 Å². The molecule has 112 valence electrons. The Hall–Kier alpha value is -1.24. The van der Waals surface area contributed by atoms with Crippen LogP contribution in [0.3, 0.4) is 0 Å². The molecule has 0 bridgehead atoms. The lowest BCUT2D eigenvalue weighted by atomic mass is 9.96. The largest absolute Gasteiger partial charge is 0.303 e. The van der Waals surface area contributed by atoms with E-state index >= 15 is 0 Å². The van der Waals surface area contributed by atoms with Crippen LogP contribution < -0.4 is 5.32 Å². The van der Waals surface area contributed by atoms with Gasteiger partial charge in [-0.3, -0.25) is 13.7 Å². The number of ketones is 1. The highest BCUT2D eigenvalue weighted by molar-refractivity contribution is 7.76. The molecule has 1 aliphatic heterocycles. The molecule has 1 rings (SSSR count). The average molecular weight is 298 g/mol. The third kappa shape index (κ3) is 4.13. The predicted molar refractivity (Wildman–Crippen MR) is 81.2 cm³/mol. The van der Waals surface area contributed by atoms with Gasteiger partial charge in [0.1, 0.15) is 5.78 Å². The van der Waals surface area contributed by atoms with Crippen LogP contribution >= 0.6 is 0 Å². The van der Waals surface area contributed by atoms with Gasteiger partial charge in [-0.2, -0.15) is 0 Å². The quantitative estimate of drug-likeness (QED) is 0.759. The lowest BCUT2D eigenvalue weighted by Crippen LogP contribution is -2.50. The molecule has 3 atom stereocenters. The number of rotatable bonds is 5. The summed E-state index contributed by atoms with van der Waals surface area (Å²) in [4.78, 5) is 11.3. The molecule has 0 radical (unpaired) electrons. The van der Waals surface area contributed by atoms with Crippen molar-refractivity contribution in [1.82, 2.24) is 9.62 Å². The first-order chi connectivity index (χ1) is 9.40. The Kier molecular flexibility index (Phi) is 6.32. The minimum absolute atomic E-state index is 0.0488. The first-order valence-electron chi connectivity index (χ1n) is 6.54. The van der Waals surface area contributed by atoms with Crippen LogP contribution in [0.1, 0.15) is 27.2 Å². The van der Waals surface area contributed by atoms with E-state index in [-0.39, 0.29) is 17.9 Å². The molecule has 0 aromatic rings. The van der Waals surface area contributed by atoms with Crippen LogP contribution in [0.5, 0.6) is 0 Å². The Balaban J connectivity index is 2.98. The zero-order valence-electron chi connectivity index (χ0n) is 12.1. The van der Waals surface area contributed by atoms with Crippen molar-refractivity contribution in [3.8, 4) is 0 Å². The van der Waals surface area contributed by atoms with E-state index < -0.39 is 11.3 Å². The normalized spacial score (nSPS) is 26.6. The Bertz CT molecular complexity index is 471. The molecule has 0 spiro atoms. The van der Waals surface area contributed by atoms with Gasteiger partial charge in [0.05, 0.1) is 11.7 Å². The molecule has 2 unspecified atom stereocenters. The summed E-state index contributed by atoms with van der Waals surface area (Å²) in [6.45, 7) is 9.21. The minimum Gasteiger partial charge on any atom is -0.303 e. The van der Waals surface area contributed by atoms with Crippen LogP contribution in [0, 0.1) is 0 Å². The summed E-state index contributed by atoms with van der Waals surface area (Å²) in [5, 5.41) is 3.20. The highest BCUT2D eigenvalue weighted by Crippen LogP contribution is 2.28. The van der Waals surface area contributed by atoms with Crippen molar-refractivity contribution in [2.75, 3.05) is 6.54 Å². The van der Waals surface area contributed by atoms with Crippen molar-refractivity contribution >= 4 is 17.0 Å². The Morgan fingerprint density at radius 3 is 2.75 bits per heavy atom. The van der Waals surface area contributed by atoms with Crippen molar-refractivity contribution < 1.29 is 13.6 Å². The molecule has 0 amide bonds. The van der Waals surface area contributed by atoms with Crippen molar-refractivity contribution in [2.24, 2.45) is 0 Å². The number of nitrogens with one attached hydrogen (secondary N) is 1. The van der Waals surface area contributed by atoms with Gasteiger partial charge in [0.2, 0.25) is 0 Å². The van der Waals surface area contributed by atoms with E-state index in [4.69, 9.17) is 0 Å². The van der Waals surface area contributed by atoms with E-state index in [1.54, 1.807) is 13.0 Å². The summed E-state index contributed by atoms with van der Waals surface area (Å²) in [6.07, 6.45) is 6.00. The van der Waals surface area contributed by atoms with Crippen LogP contribution in [0.25, 0.3) is 0 Å². The number of hydrogen-bond donors (Lipinski definition) is 2. The molecule has 0 aromatic heterocycles. The van der Waals surface area contributed by atoms with Crippen molar-refractivity contribution in [1.29, 1.82) is 0 Å². The van der Waals surface area contributed by atoms with Gasteiger partial charge >= 0.3 is 0 Å². The SMILES string of the molecule is C=C/C=C1/C[C@@H](NC(C)C(C)=O)CN(S(=O)O)/C1=C/C. The second kappa shape index (κ2) is 7.52. The van der Waals surface area contributed by atoms with E-state index in [0.717, 1.165) is 11.3 Å². The zero-order chi connectivity index (χ0) is 15.3. The first kappa shape index (κ1) is 16.8. The second-order valence-electron chi connectivity index (χ2n) is 4.79. The Morgan fingerprint density at radius 2 is 2.30 bits per heavy atom. The molecule has 1 fully saturated rings. The molecular weight excluding hydrogens is 276 g/mol. The van der Waals surface area contributed by atoms with Gasteiger partial charge < -0.3 is 5.32 Å². The van der Waals surface area contributed by atoms with Gasteiger partial charge in [0.25, 0.3) is 11.3 Å². The van der Waals surface area contributed by atoms with E-state index in [1.165, 1.54) is 11.2 Å². The topological polar surface area (TPSA) is 69.6 Å². The van der Waals surface area contributed by atoms with E-state index in [0.29, 0.717) is 13.0 Å². The number of carbonyl (C=O) groups excluding carboxylic acids is 1. The maximum atomic E-state index is 11.5. The van der Waals surface area contributed by atoms with E-state index in [2.05, 4.69) is 11.9 Å². The van der Waals surface area contributed by atoms with Crippen LogP contribution in [0.15, 0.2) is 36.1 Å². The third-order valence-corrected chi connectivity index (χ3v) is 4.05. The smallest absolute Gasteiger partial charge is 0.261 e. The summed E-state index contributed by atoms with van der Waals surface area (Å²) in [7, 11) is 0. The predicted octanol–water partition coefficient (Wildman–Crippen LogP) is 1.78. The van der Waals surface area contributed by atoms with Gasteiger partial charge in [0.15, 0.2) is 0 Å². The van der Waals surface area contributed by atoms with Gasteiger partial charge in [0, 0.05) is 12.6 Å². The van der Waals surface area contributed by atoms with Crippen LogP contribution in [-0.4, -0.2) is 37.5 Å². The molecule has 1 heterocycles. The van der Waals surface area contributed by atoms with Crippen LogP contribution in [-0.2, 0) is 16.1 Å². The zero-order valence-corrected chi connectivity index (χ0v) is 12.9. The van der Waals surface area contributed by atoms with Gasteiger partial charge in [-0.25, -0.2) is 4.21 Å². The number of nitrogens with zero attached hydrogens (tertiary/aromatic N) is 1. The van der Waals surface area contributed by atoms with Crippen molar-refractivity contribution in [2.45, 2.75) is 39.3 Å². The summed E-state index contributed by atoms with van der Waals surface area (Å²) >= 11 is -2.09. The number of allylic oxidation sites excluding steroid dienone is 4. The minimum atomic E-state index is -2.09. The summed E-state index contributed by atoms with van der Waals surface area (Å²) in [5.41, 5.74) is 1.67. The highest BCUT2D eigenvalue weighted by Gasteiger charge is 2.30. The number of carbonyl (C=O) groups is 1. The van der Waals surface area contributed by atoms with Crippen LogP contribution in [0.2, 0.25) is 0 Å². The molecule has 2 N–H and O–H groups in total. The van der Waals surface area contributed by atoms with Crippen LogP contribution in [0.4, 0.5) is 0 Å². The lowest BCUT2D eigenvalue weighted by Gasteiger charge is -2.36. The lowest BCUT2D eigenvalue weighted by molar-refractivity contribution is -0.118. The van der Waals surface area contributed by atoms with E-state index in [1.807, 2.05) is 19.1 Å². The molecule has 0 saturated carbocycles. The monoisotopic (exact) mass is 298 g/mol. The summed E-state index contributed by atoms with van der Waals surface area (Å²) < 4.78 is 22.3. The maximum Gasteiger partial charge on any atom is 0.261 e. The number of hydrogen-bond acceptors (Lipinski definition) is 3. The van der Waals surface area contributed by atoms with Gasteiger partial charge in [-0.15, -0.1) is 0 Å². The number of Topliss-reactive ketones (excluding diaryl/α,β-unsaturated/α-hetero) is 1. The molecular formula is C14H22N2O3S. The fraction of sp³-hybridized carbons (Fsp3) is 0.500. The van der Waals surface area contributed by atoms with Gasteiger partial charge in [-0.05, 0) is 32.8 Å². The first-order valence-corrected chi connectivity index (χ1v) is 7.60. The molecule has 1 saturated heterocycles. The molecule has 5 nitrogen and oxygen atoms in total. The molecule has 1 aliphatic rings. The second-order valence-corrected chi connectivity index (χ2v) is 5.70. The van der Waals surface area contributed by atoms with Crippen molar-refractivity contribution in [3.05, 3.63) is 36.1 Å². The third-order valence-electron chi connectivity index (χ3n) is 3.33. The molecule has 20 heavy (non-hydrogen) atoms. The molecule has 6 heteroatoms. The molecule has 0 aliphatic carbocycles. The maximum absolute atomic E-state index is 11.5. The summed E-state index contributed by atoms with van der Waals surface area (Å²) in [6, 6.07) is -0.328. The highest BCUT2D eigenvalue weighted by atomic mass is 32.2. The summed E-state index contributed by atoms with van der Waals surface area (Å²) in [5.74, 6) is 0.0488. The fourth-order valence-corrected chi connectivity index (χ4v) is 2.95. The molecule has 0 aromatic carbocycles. The standard InChI is InChI=1S/C14H22N2O3S/c1-5-7-12-8-13(15-10(3)11(4)17)9-16(20(18)19)14(12)6-2/h5-7,10,13,15H,1,8-9H2,2-4H3,(H,18,19)/b12-7-,14-6+/t10?,13-/m1/s1. The Morgan fingerprint density at radius 1 is 1.65 bits per heavy atom.